The summed E-state index contributed by atoms with van der Waals surface area (Å²) >= 11 is 1.89. The van der Waals surface area contributed by atoms with Crippen molar-refractivity contribution in [2.75, 3.05) is 13.1 Å². The van der Waals surface area contributed by atoms with Gasteiger partial charge in [-0.1, -0.05) is 19.9 Å². The number of hydrogen-bond donors (Lipinski definition) is 1. The summed E-state index contributed by atoms with van der Waals surface area (Å²) in [5.41, 5.74) is 0. The molecule has 1 N–H and O–H groups in total. The molecular formula is C16H28N2S. The lowest BCUT2D eigenvalue weighted by atomic mass is 9.86. The Balaban J connectivity index is 1.98. The van der Waals surface area contributed by atoms with E-state index < -0.39 is 0 Å². The Bertz CT molecular complexity index is 363. The van der Waals surface area contributed by atoms with Crippen LogP contribution in [0.2, 0.25) is 0 Å². The Morgan fingerprint density at radius 1 is 1.47 bits per heavy atom. The Labute approximate surface area is 122 Å². The first-order chi connectivity index (χ1) is 9.15. The summed E-state index contributed by atoms with van der Waals surface area (Å²) in [6.45, 7) is 11.8. The number of likely N-dealkylation sites (tertiary alicyclic amines) is 1. The van der Waals surface area contributed by atoms with Crippen molar-refractivity contribution in [2.45, 2.75) is 58.7 Å². The van der Waals surface area contributed by atoms with E-state index in [2.05, 4.69) is 55.4 Å². The second-order valence-corrected chi connectivity index (χ2v) is 6.86. The van der Waals surface area contributed by atoms with E-state index in [4.69, 9.17) is 0 Å². The molecule has 0 bridgehead atoms. The van der Waals surface area contributed by atoms with Gasteiger partial charge in [0.15, 0.2) is 0 Å². The minimum Gasteiger partial charge on any atom is -0.314 e. The van der Waals surface area contributed by atoms with Crippen LogP contribution in [0, 0.1) is 5.92 Å². The van der Waals surface area contributed by atoms with Gasteiger partial charge < -0.3 is 5.32 Å². The van der Waals surface area contributed by atoms with E-state index in [9.17, 15) is 0 Å². The van der Waals surface area contributed by atoms with Gasteiger partial charge in [0.25, 0.3) is 0 Å². The standard InChI is InChI=1S/C16H28N2S/c1-5-9-17-15-8-10-18(13(3)12(15)2)14(4)16-7-6-11-19-16/h6-7,11-15,17H,5,8-10H2,1-4H3. The number of rotatable bonds is 5. The Morgan fingerprint density at radius 2 is 2.26 bits per heavy atom. The van der Waals surface area contributed by atoms with Crippen molar-refractivity contribution in [3.05, 3.63) is 22.4 Å². The zero-order chi connectivity index (χ0) is 13.8. The number of nitrogens with one attached hydrogen (secondary N) is 1. The molecule has 2 rings (SSSR count). The Hall–Kier alpha value is -0.380. The average molecular weight is 280 g/mol. The third kappa shape index (κ3) is 3.39. The number of thiophene rings is 1. The molecule has 0 spiro atoms. The molecule has 0 aromatic carbocycles. The van der Waals surface area contributed by atoms with Crippen LogP contribution in [0.25, 0.3) is 0 Å². The molecule has 0 saturated carbocycles. The SMILES string of the molecule is CCCNC1CCN(C(C)c2cccs2)C(C)C1C. The van der Waals surface area contributed by atoms with Gasteiger partial charge >= 0.3 is 0 Å². The molecule has 2 nitrogen and oxygen atoms in total. The van der Waals surface area contributed by atoms with E-state index in [1.54, 1.807) is 0 Å². The van der Waals surface area contributed by atoms with Crippen LogP contribution in [-0.2, 0) is 0 Å². The highest BCUT2D eigenvalue weighted by molar-refractivity contribution is 7.10. The molecule has 1 fully saturated rings. The maximum absolute atomic E-state index is 3.72. The fourth-order valence-electron chi connectivity index (χ4n) is 3.25. The van der Waals surface area contributed by atoms with Gasteiger partial charge in [0, 0.05) is 29.5 Å². The predicted molar refractivity (Wildman–Crippen MR) is 84.8 cm³/mol. The average Bonchev–Trinajstić information content (AvgIpc) is 2.94. The van der Waals surface area contributed by atoms with Gasteiger partial charge in [-0.25, -0.2) is 0 Å². The number of piperidine rings is 1. The smallest absolute Gasteiger partial charge is 0.0416 e. The van der Waals surface area contributed by atoms with Gasteiger partial charge in [0.2, 0.25) is 0 Å². The predicted octanol–water partition coefficient (Wildman–Crippen LogP) is 3.91. The third-order valence-electron chi connectivity index (χ3n) is 4.73. The molecule has 1 aliphatic rings. The zero-order valence-electron chi connectivity index (χ0n) is 12.7. The lowest BCUT2D eigenvalue weighted by molar-refractivity contribution is 0.0537. The van der Waals surface area contributed by atoms with Gasteiger partial charge in [0.1, 0.15) is 0 Å². The largest absolute Gasteiger partial charge is 0.314 e. The fourth-order valence-corrected chi connectivity index (χ4v) is 4.05. The molecular weight excluding hydrogens is 252 g/mol. The van der Waals surface area contributed by atoms with E-state index in [0.29, 0.717) is 18.1 Å². The van der Waals surface area contributed by atoms with Crippen LogP contribution in [0.1, 0.15) is 51.5 Å². The highest BCUT2D eigenvalue weighted by Crippen LogP contribution is 2.33. The summed E-state index contributed by atoms with van der Waals surface area (Å²) < 4.78 is 0. The van der Waals surface area contributed by atoms with Crippen molar-refractivity contribution in [3.8, 4) is 0 Å². The Kier molecular flexibility index (Phi) is 5.43. The van der Waals surface area contributed by atoms with Crippen LogP contribution in [0.4, 0.5) is 0 Å². The molecule has 4 unspecified atom stereocenters. The zero-order valence-corrected chi connectivity index (χ0v) is 13.5. The van der Waals surface area contributed by atoms with Crippen molar-refractivity contribution in [1.29, 1.82) is 0 Å². The molecule has 1 aromatic rings. The minimum atomic E-state index is 0.560. The van der Waals surface area contributed by atoms with Crippen LogP contribution >= 0.6 is 11.3 Å². The maximum Gasteiger partial charge on any atom is 0.0416 e. The van der Waals surface area contributed by atoms with E-state index in [1.807, 2.05) is 11.3 Å². The van der Waals surface area contributed by atoms with Crippen molar-refractivity contribution in [1.82, 2.24) is 10.2 Å². The lowest BCUT2D eigenvalue weighted by Gasteiger charge is -2.45. The van der Waals surface area contributed by atoms with Crippen LogP contribution in [0.5, 0.6) is 0 Å². The van der Waals surface area contributed by atoms with Crippen LogP contribution in [-0.4, -0.2) is 30.1 Å². The molecule has 4 atom stereocenters. The summed E-state index contributed by atoms with van der Waals surface area (Å²) in [7, 11) is 0. The number of hydrogen-bond acceptors (Lipinski definition) is 3. The topological polar surface area (TPSA) is 15.3 Å². The first-order valence-electron chi connectivity index (χ1n) is 7.67. The second kappa shape index (κ2) is 6.87. The second-order valence-electron chi connectivity index (χ2n) is 5.88. The van der Waals surface area contributed by atoms with Crippen molar-refractivity contribution in [3.63, 3.8) is 0 Å². The van der Waals surface area contributed by atoms with E-state index >= 15 is 0 Å². The van der Waals surface area contributed by atoms with Crippen LogP contribution < -0.4 is 5.32 Å². The molecule has 0 amide bonds. The third-order valence-corrected chi connectivity index (χ3v) is 5.77. The number of nitrogens with zero attached hydrogens (tertiary/aromatic N) is 1. The van der Waals surface area contributed by atoms with Crippen molar-refractivity contribution < 1.29 is 0 Å². The quantitative estimate of drug-likeness (QED) is 0.880. The summed E-state index contributed by atoms with van der Waals surface area (Å²) in [5.74, 6) is 0.725. The van der Waals surface area contributed by atoms with E-state index in [0.717, 1.165) is 12.5 Å². The van der Waals surface area contributed by atoms with E-state index in [1.165, 1.54) is 24.3 Å². The van der Waals surface area contributed by atoms with Gasteiger partial charge in [-0.15, -0.1) is 11.3 Å². The summed E-state index contributed by atoms with van der Waals surface area (Å²) in [4.78, 5) is 4.18. The minimum absolute atomic E-state index is 0.560. The molecule has 0 aliphatic carbocycles. The molecule has 1 saturated heterocycles. The maximum atomic E-state index is 3.72. The van der Waals surface area contributed by atoms with E-state index in [-0.39, 0.29) is 0 Å². The van der Waals surface area contributed by atoms with Crippen molar-refractivity contribution >= 4 is 11.3 Å². The molecule has 108 valence electrons. The van der Waals surface area contributed by atoms with Gasteiger partial charge in [-0.2, -0.15) is 0 Å². The molecule has 1 aliphatic heterocycles. The molecule has 1 aromatic heterocycles. The van der Waals surface area contributed by atoms with Gasteiger partial charge in [0.05, 0.1) is 0 Å². The summed E-state index contributed by atoms with van der Waals surface area (Å²) in [6, 6.07) is 6.35. The summed E-state index contributed by atoms with van der Waals surface area (Å²) in [5, 5.41) is 5.91. The normalized spacial score (nSPS) is 30.4. The van der Waals surface area contributed by atoms with Gasteiger partial charge in [-0.05, 0) is 50.6 Å². The first kappa shape index (κ1) is 15.0. The highest BCUT2D eigenvalue weighted by atomic mass is 32.1. The van der Waals surface area contributed by atoms with Crippen LogP contribution in [0.3, 0.4) is 0 Å². The Morgan fingerprint density at radius 3 is 2.89 bits per heavy atom. The summed E-state index contributed by atoms with van der Waals surface area (Å²) in [6.07, 6.45) is 2.51. The first-order valence-corrected chi connectivity index (χ1v) is 8.55. The van der Waals surface area contributed by atoms with Gasteiger partial charge in [-0.3, -0.25) is 4.90 Å². The molecule has 3 heteroatoms. The monoisotopic (exact) mass is 280 g/mol. The molecule has 2 heterocycles. The molecule has 0 radical (unpaired) electrons. The van der Waals surface area contributed by atoms with Crippen LogP contribution in [0.15, 0.2) is 17.5 Å². The fraction of sp³-hybridized carbons (Fsp3) is 0.750. The van der Waals surface area contributed by atoms with Crippen molar-refractivity contribution in [2.24, 2.45) is 5.92 Å². The highest BCUT2D eigenvalue weighted by Gasteiger charge is 2.34. The molecule has 19 heavy (non-hydrogen) atoms. The lowest BCUT2D eigenvalue weighted by Crippen LogP contribution is -2.53.